The van der Waals surface area contributed by atoms with E-state index >= 15 is 0 Å². The van der Waals surface area contributed by atoms with Crippen LogP contribution in [0.3, 0.4) is 0 Å². The number of hydrogen-bond donors (Lipinski definition) is 2. The van der Waals surface area contributed by atoms with Gasteiger partial charge in [-0.05, 0) is 19.1 Å². The first-order valence-corrected chi connectivity index (χ1v) is 5.11. The van der Waals surface area contributed by atoms with Crippen molar-refractivity contribution in [2.45, 2.75) is 19.1 Å². The summed E-state index contributed by atoms with van der Waals surface area (Å²) >= 11 is 0. The Labute approximate surface area is 97.1 Å². The van der Waals surface area contributed by atoms with Crippen molar-refractivity contribution in [1.82, 2.24) is 10.1 Å². The molecule has 0 saturated carbocycles. The number of aliphatic hydroxyl groups excluding tert-OH is 1. The Hall–Kier alpha value is -1.79. The maximum absolute atomic E-state index is 13.0. The minimum Gasteiger partial charge on any atom is -0.391 e. The Kier molecular flexibility index (Phi) is 3.16. The van der Waals surface area contributed by atoms with Gasteiger partial charge in [0.1, 0.15) is 11.9 Å². The number of aromatic nitrogens is 2. The van der Waals surface area contributed by atoms with Crippen LogP contribution in [0, 0.1) is 5.82 Å². The van der Waals surface area contributed by atoms with Gasteiger partial charge in [-0.2, -0.15) is 4.98 Å². The predicted octanol–water partition coefficient (Wildman–Crippen LogP) is 1.26. The molecule has 6 heteroatoms. The number of rotatable bonds is 3. The molecule has 0 aliphatic heterocycles. The van der Waals surface area contributed by atoms with E-state index in [0.717, 1.165) is 0 Å². The van der Waals surface area contributed by atoms with Crippen molar-refractivity contribution in [2.75, 3.05) is 0 Å². The van der Waals surface area contributed by atoms with Crippen LogP contribution in [-0.4, -0.2) is 21.4 Å². The maximum Gasteiger partial charge on any atom is 0.246 e. The summed E-state index contributed by atoms with van der Waals surface area (Å²) in [6.45, 7) is 1.52. The van der Waals surface area contributed by atoms with Gasteiger partial charge in [0, 0.05) is 5.56 Å². The van der Waals surface area contributed by atoms with Crippen LogP contribution < -0.4 is 5.73 Å². The Balaban J connectivity index is 2.30. The summed E-state index contributed by atoms with van der Waals surface area (Å²) in [5, 5.41) is 13.0. The molecule has 0 fully saturated rings. The summed E-state index contributed by atoms with van der Waals surface area (Å²) in [4.78, 5) is 4.01. The predicted molar refractivity (Wildman–Crippen MR) is 58.3 cm³/mol. The van der Waals surface area contributed by atoms with E-state index in [4.69, 9.17) is 10.3 Å². The molecule has 2 rings (SSSR count). The number of nitrogens with two attached hydrogens (primary N) is 1. The summed E-state index contributed by atoms with van der Waals surface area (Å²) < 4.78 is 17.9. The van der Waals surface area contributed by atoms with Gasteiger partial charge < -0.3 is 15.4 Å². The molecule has 0 amide bonds. The van der Waals surface area contributed by atoms with Crippen LogP contribution in [-0.2, 0) is 0 Å². The van der Waals surface area contributed by atoms with E-state index in [1.54, 1.807) is 12.1 Å². The van der Waals surface area contributed by atoms with Gasteiger partial charge >= 0.3 is 0 Å². The van der Waals surface area contributed by atoms with Crippen molar-refractivity contribution in [1.29, 1.82) is 0 Å². The zero-order chi connectivity index (χ0) is 12.4. The van der Waals surface area contributed by atoms with Crippen LogP contribution in [0.2, 0.25) is 0 Å². The molecule has 2 unspecified atom stereocenters. The zero-order valence-corrected chi connectivity index (χ0v) is 9.17. The molecule has 0 bridgehead atoms. The highest BCUT2D eigenvalue weighted by atomic mass is 19.1. The number of hydrogen-bond acceptors (Lipinski definition) is 5. The molecule has 0 radical (unpaired) electrons. The van der Waals surface area contributed by atoms with Gasteiger partial charge in [-0.3, -0.25) is 0 Å². The first-order chi connectivity index (χ1) is 8.08. The molecular weight excluding hydrogens is 225 g/mol. The third-order valence-electron chi connectivity index (χ3n) is 2.33. The van der Waals surface area contributed by atoms with Crippen LogP contribution in [0.4, 0.5) is 4.39 Å². The van der Waals surface area contributed by atoms with Crippen LogP contribution in [0.5, 0.6) is 0 Å². The van der Waals surface area contributed by atoms with Crippen molar-refractivity contribution < 1.29 is 14.0 Å². The third-order valence-corrected chi connectivity index (χ3v) is 2.33. The van der Waals surface area contributed by atoms with E-state index in [9.17, 15) is 9.50 Å². The molecule has 90 valence electrons. The normalized spacial score (nSPS) is 14.6. The molecule has 1 heterocycles. The van der Waals surface area contributed by atoms with Gasteiger partial charge in [-0.25, -0.2) is 4.39 Å². The highest BCUT2D eigenvalue weighted by molar-refractivity contribution is 5.53. The summed E-state index contributed by atoms with van der Waals surface area (Å²) in [5.41, 5.74) is 6.14. The summed E-state index contributed by atoms with van der Waals surface area (Å²) in [7, 11) is 0. The second kappa shape index (κ2) is 4.60. The monoisotopic (exact) mass is 237 g/mol. The van der Waals surface area contributed by atoms with E-state index in [0.29, 0.717) is 5.56 Å². The standard InChI is InChI=1S/C11H12FN3O2/c1-6(16)9(13)11-14-10(15-17-11)7-3-2-4-8(12)5-7/h2-6,9,16H,13H2,1H3. The second-order valence-electron chi connectivity index (χ2n) is 3.73. The molecular formula is C11H12FN3O2. The van der Waals surface area contributed by atoms with Crippen LogP contribution in [0.25, 0.3) is 11.4 Å². The minimum atomic E-state index is -0.796. The Morgan fingerprint density at radius 3 is 2.88 bits per heavy atom. The number of halogens is 1. The number of aliphatic hydroxyl groups is 1. The lowest BCUT2D eigenvalue weighted by molar-refractivity contribution is 0.146. The fraction of sp³-hybridized carbons (Fsp3) is 0.273. The van der Waals surface area contributed by atoms with Gasteiger partial charge in [0.05, 0.1) is 6.10 Å². The van der Waals surface area contributed by atoms with Crippen LogP contribution >= 0.6 is 0 Å². The average Bonchev–Trinajstić information content (AvgIpc) is 2.77. The van der Waals surface area contributed by atoms with Crippen LogP contribution in [0.15, 0.2) is 28.8 Å². The first-order valence-electron chi connectivity index (χ1n) is 5.11. The first kappa shape index (κ1) is 11.7. The minimum absolute atomic E-state index is 0.124. The lowest BCUT2D eigenvalue weighted by atomic mass is 10.2. The van der Waals surface area contributed by atoms with Crippen molar-refractivity contribution >= 4 is 0 Å². The van der Waals surface area contributed by atoms with E-state index in [2.05, 4.69) is 10.1 Å². The molecule has 17 heavy (non-hydrogen) atoms. The number of nitrogens with zero attached hydrogens (tertiary/aromatic N) is 2. The second-order valence-corrected chi connectivity index (χ2v) is 3.73. The van der Waals surface area contributed by atoms with Gasteiger partial charge in [0.25, 0.3) is 0 Å². The SMILES string of the molecule is CC(O)C(N)c1nc(-c2cccc(F)c2)no1. The molecule has 2 atom stereocenters. The highest BCUT2D eigenvalue weighted by Gasteiger charge is 2.19. The molecule has 0 aliphatic rings. The molecule has 5 nitrogen and oxygen atoms in total. The summed E-state index contributed by atoms with van der Waals surface area (Å²) in [5.74, 6) is -0.0106. The molecule has 0 saturated heterocycles. The zero-order valence-electron chi connectivity index (χ0n) is 9.17. The summed E-state index contributed by atoms with van der Waals surface area (Å²) in [6.07, 6.45) is -0.796. The Morgan fingerprint density at radius 2 is 2.24 bits per heavy atom. The van der Waals surface area contributed by atoms with E-state index < -0.39 is 12.1 Å². The Morgan fingerprint density at radius 1 is 1.47 bits per heavy atom. The molecule has 1 aromatic carbocycles. The number of benzene rings is 1. The van der Waals surface area contributed by atoms with E-state index in [1.165, 1.54) is 19.1 Å². The van der Waals surface area contributed by atoms with E-state index in [1.807, 2.05) is 0 Å². The molecule has 0 spiro atoms. The molecule has 1 aromatic heterocycles. The largest absolute Gasteiger partial charge is 0.391 e. The van der Waals surface area contributed by atoms with Crippen molar-refractivity contribution in [2.24, 2.45) is 5.73 Å². The lowest BCUT2D eigenvalue weighted by Gasteiger charge is -2.08. The van der Waals surface area contributed by atoms with Gasteiger partial charge in [-0.1, -0.05) is 17.3 Å². The van der Waals surface area contributed by atoms with Gasteiger partial charge in [0.15, 0.2) is 0 Å². The average molecular weight is 237 g/mol. The van der Waals surface area contributed by atoms with Crippen molar-refractivity contribution in [3.05, 3.63) is 36.0 Å². The van der Waals surface area contributed by atoms with Crippen molar-refractivity contribution in [3.8, 4) is 11.4 Å². The quantitative estimate of drug-likeness (QED) is 0.839. The summed E-state index contributed by atoms with van der Waals surface area (Å²) in [6, 6.07) is 5.08. The third kappa shape index (κ3) is 2.48. The maximum atomic E-state index is 13.0. The highest BCUT2D eigenvalue weighted by Crippen LogP contribution is 2.19. The van der Waals surface area contributed by atoms with Gasteiger partial charge in [-0.15, -0.1) is 0 Å². The molecule has 0 aliphatic carbocycles. The smallest absolute Gasteiger partial charge is 0.246 e. The van der Waals surface area contributed by atoms with Crippen LogP contribution in [0.1, 0.15) is 18.9 Å². The molecule has 2 aromatic rings. The molecule has 3 N–H and O–H groups in total. The van der Waals surface area contributed by atoms with E-state index in [-0.39, 0.29) is 17.5 Å². The fourth-order valence-corrected chi connectivity index (χ4v) is 1.32. The Bertz CT molecular complexity index is 513. The van der Waals surface area contributed by atoms with Gasteiger partial charge in [0.2, 0.25) is 11.7 Å². The van der Waals surface area contributed by atoms with Crippen molar-refractivity contribution in [3.63, 3.8) is 0 Å². The fourth-order valence-electron chi connectivity index (χ4n) is 1.32. The lowest BCUT2D eigenvalue weighted by Crippen LogP contribution is -2.23. The topological polar surface area (TPSA) is 85.2 Å².